The van der Waals surface area contributed by atoms with Gasteiger partial charge in [-0.05, 0) is 42.8 Å². The van der Waals surface area contributed by atoms with Crippen molar-refractivity contribution in [3.63, 3.8) is 0 Å². The SMILES string of the molecule is Cc1ccc(NC(=O)c2ccccc2NC(=O)C(=O)N/N=C/C=C/c2ccccc2)cc1. The highest BCUT2D eigenvalue weighted by molar-refractivity contribution is 6.40. The van der Waals surface area contributed by atoms with Crippen LogP contribution in [0.4, 0.5) is 11.4 Å². The van der Waals surface area contributed by atoms with Crippen LogP contribution < -0.4 is 16.1 Å². The first-order valence-corrected chi connectivity index (χ1v) is 9.86. The molecule has 0 aliphatic heterocycles. The summed E-state index contributed by atoms with van der Waals surface area (Å²) in [5.41, 5.74) is 5.26. The van der Waals surface area contributed by atoms with E-state index in [4.69, 9.17) is 0 Å². The fourth-order valence-corrected chi connectivity index (χ4v) is 2.71. The van der Waals surface area contributed by atoms with E-state index < -0.39 is 17.7 Å². The fraction of sp³-hybridized carbons (Fsp3) is 0.0400. The molecule has 3 aromatic rings. The molecule has 0 aliphatic carbocycles. The molecule has 7 heteroatoms. The molecule has 0 fully saturated rings. The van der Waals surface area contributed by atoms with Crippen molar-refractivity contribution in [3.8, 4) is 0 Å². The van der Waals surface area contributed by atoms with Crippen LogP contribution in [0.2, 0.25) is 0 Å². The first-order valence-electron chi connectivity index (χ1n) is 9.86. The molecule has 7 nitrogen and oxygen atoms in total. The number of hydrogen-bond donors (Lipinski definition) is 3. The Labute approximate surface area is 185 Å². The molecule has 3 amide bonds. The normalized spacial score (nSPS) is 10.8. The second-order valence-electron chi connectivity index (χ2n) is 6.81. The molecule has 0 aliphatic rings. The standard InChI is InChI=1S/C25H22N4O3/c1-18-13-15-20(16-14-18)27-23(30)21-11-5-6-12-22(21)28-24(31)25(32)29-26-17-7-10-19-8-3-2-4-9-19/h2-17H,1H3,(H,27,30)(H,28,31)(H,29,32)/b10-7+,26-17+. The number of aryl methyl sites for hydroxylation is 1. The van der Waals surface area contributed by atoms with Gasteiger partial charge < -0.3 is 10.6 Å². The topological polar surface area (TPSA) is 99.7 Å². The number of hydrogen-bond acceptors (Lipinski definition) is 4. The van der Waals surface area contributed by atoms with Crippen LogP contribution in [0, 0.1) is 6.92 Å². The van der Waals surface area contributed by atoms with Gasteiger partial charge in [0, 0.05) is 11.9 Å². The highest BCUT2D eigenvalue weighted by Gasteiger charge is 2.17. The maximum atomic E-state index is 12.6. The number of nitrogens with zero attached hydrogens (tertiary/aromatic N) is 1. The molecular weight excluding hydrogens is 404 g/mol. The molecule has 0 saturated carbocycles. The Kier molecular flexibility index (Phi) is 7.64. The monoisotopic (exact) mass is 426 g/mol. The summed E-state index contributed by atoms with van der Waals surface area (Å²) in [6.45, 7) is 1.95. The van der Waals surface area contributed by atoms with E-state index in [9.17, 15) is 14.4 Å². The first kappa shape index (κ1) is 22.2. The van der Waals surface area contributed by atoms with Gasteiger partial charge in [-0.2, -0.15) is 5.10 Å². The number of hydrazone groups is 1. The van der Waals surface area contributed by atoms with Crippen LogP contribution in [-0.2, 0) is 9.59 Å². The third kappa shape index (κ3) is 6.50. The number of benzene rings is 3. The maximum Gasteiger partial charge on any atom is 0.329 e. The lowest BCUT2D eigenvalue weighted by atomic mass is 10.1. The maximum absolute atomic E-state index is 12.6. The molecule has 0 unspecified atom stereocenters. The quantitative estimate of drug-likeness (QED) is 0.316. The summed E-state index contributed by atoms with van der Waals surface area (Å²) in [4.78, 5) is 36.9. The zero-order chi connectivity index (χ0) is 22.8. The third-order valence-electron chi connectivity index (χ3n) is 4.35. The van der Waals surface area contributed by atoms with Crippen molar-refractivity contribution in [2.24, 2.45) is 5.10 Å². The Balaban J connectivity index is 1.58. The molecule has 0 atom stereocenters. The van der Waals surface area contributed by atoms with Crippen LogP contribution in [0.15, 0.2) is 90.0 Å². The Morgan fingerprint density at radius 2 is 1.47 bits per heavy atom. The van der Waals surface area contributed by atoms with E-state index in [1.165, 1.54) is 6.21 Å². The molecule has 3 aromatic carbocycles. The summed E-state index contributed by atoms with van der Waals surface area (Å²) in [6, 6.07) is 23.3. The lowest BCUT2D eigenvalue weighted by Crippen LogP contribution is -2.33. The highest BCUT2D eigenvalue weighted by atomic mass is 16.2. The Morgan fingerprint density at radius 3 is 2.22 bits per heavy atom. The Hall–Kier alpha value is -4.52. The van der Waals surface area contributed by atoms with Gasteiger partial charge in [-0.15, -0.1) is 0 Å². The molecule has 0 aromatic heterocycles. The minimum absolute atomic E-state index is 0.213. The van der Waals surface area contributed by atoms with Crippen molar-refractivity contribution in [2.45, 2.75) is 6.92 Å². The van der Waals surface area contributed by atoms with Gasteiger partial charge in [0.2, 0.25) is 0 Å². The van der Waals surface area contributed by atoms with Crippen molar-refractivity contribution in [3.05, 3.63) is 102 Å². The second-order valence-corrected chi connectivity index (χ2v) is 6.81. The molecule has 160 valence electrons. The zero-order valence-corrected chi connectivity index (χ0v) is 17.4. The number of amides is 3. The summed E-state index contributed by atoms with van der Waals surface area (Å²) >= 11 is 0. The lowest BCUT2D eigenvalue weighted by molar-refractivity contribution is -0.136. The van der Waals surface area contributed by atoms with Crippen LogP contribution in [-0.4, -0.2) is 23.9 Å². The minimum Gasteiger partial charge on any atom is -0.322 e. The molecule has 3 rings (SSSR count). The van der Waals surface area contributed by atoms with E-state index in [-0.39, 0.29) is 11.3 Å². The zero-order valence-electron chi connectivity index (χ0n) is 17.4. The van der Waals surface area contributed by atoms with E-state index in [1.54, 1.807) is 48.6 Å². The number of rotatable bonds is 6. The van der Waals surface area contributed by atoms with Crippen molar-refractivity contribution in [1.82, 2.24) is 5.43 Å². The van der Waals surface area contributed by atoms with Gasteiger partial charge in [-0.3, -0.25) is 14.4 Å². The van der Waals surface area contributed by atoms with Crippen LogP contribution in [0.1, 0.15) is 21.5 Å². The second kappa shape index (κ2) is 11.0. The number of allylic oxidation sites excluding steroid dienone is 1. The summed E-state index contributed by atoms with van der Waals surface area (Å²) in [6.07, 6.45) is 4.80. The predicted molar refractivity (Wildman–Crippen MR) is 126 cm³/mol. The Morgan fingerprint density at radius 1 is 0.781 bits per heavy atom. The van der Waals surface area contributed by atoms with Gasteiger partial charge in [0.15, 0.2) is 0 Å². The van der Waals surface area contributed by atoms with Crippen molar-refractivity contribution in [1.29, 1.82) is 0 Å². The first-order chi connectivity index (χ1) is 15.5. The smallest absolute Gasteiger partial charge is 0.322 e. The minimum atomic E-state index is -0.955. The third-order valence-corrected chi connectivity index (χ3v) is 4.35. The molecule has 0 heterocycles. The molecule has 0 radical (unpaired) electrons. The van der Waals surface area contributed by atoms with Gasteiger partial charge >= 0.3 is 11.8 Å². The van der Waals surface area contributed by atoms with Crippen LogP contribution in [0.3, 0.4) is 0 Å². The van der Waals surface area contributed by atoms with E-state index in [0.717, 1.165) is 11.1 Å². The number of para-hydroxylation sites is 1. The largest absolute Gasteiger partial charge is 0.329 e. The molecule has 0 saturated heterocycles. The number of carbonyl (C=O) groups excluding carboxylic acids is 3. The van der Waals surface area contributed by atoms with Gasteiger partial charge in [-0.25, -0.2) is 5.43 Å². The van der Waals surface area contributed by atoms with E-state index >= 15 is 0 Å². The van der Waals surface area contributed by atoms with Crippen LogP contribution in [0.25, 0.3) is 6.08 Å². The van der Waals surface area contributed by atoms with Crippen molar-refractivity contribution < 1.29 is 14.4 Å². The molecule has 3 N–H and O–H groups in total. The Bertz CT molecular complexity index is 1150. The molecule has 32 heavy (non-hydrogen) atoms. The van der Waals surface area contributed by atoms with Crippen LogP contribution in [0.5, 0.6) is 0 Å². The van der Waals surface area contributed by atoms with Gasteiger partial charge in [0.25, 0.3) is 5.91 Å². The van der Waals surface area contributed by atoms with E-state index in [1.807, 2.05) is 49.4 Å². The van der Waals surface area contributed by atoms with Gasteiger partial charge in [-0.1, -0.05) is 66.2 Å². The summed E-state index contributed by atoms with van der Waals surface area (Å²) in [5.74, 6) is -2.30. The number of anilines is 2. The van der Waals surface area contributed by atoms with E-state index in [0.29, 0.717) is 5.69 Å². The van der Waals surface area contributed by atoms with Crippen molar-refractivity contribution >= 4 is 41.4 Å². The number of nitrogens with one attached hydrogen (secondary N) is 3. The fourth-order valence-electron chi connectivity index (χ4n) is 2.71. The summed E-state index contributed by atoms with van der Waals surface area (Å²) in [5, 5.41) is 8.94. The summed E-state index contributed by atoms with van der Waals surface area (Å²) < 4.78 is 0. The predicted octanol–water partition coefficient (Wildman–Crippen LogP) is 4.00. The molecule has 0 spiro atoms. The molecule has 0 bridgehead atoms. The molecular formula is C25H22N4O3. The average Bonchev–Trinajstić information content (AvgIpc) is 2.81. The van der Waals surface area contributed by atoms with E-state index in [2.05, 4.69) is 21.2 Å². The van der Waals surface area contributed by atoms with Gasteiger partial charge in [0.1, 0.15) is 0 Å². The van der Waals surface area contributed by atoms with Crippen LogP contribution >= 0.6 is 0 Å². The highest BCUT2D eigenvalue weighted by Crippen LogP contribution is 2.18. The van der Waals surface area contributed by atoms with Crippen molar-refractivity contribution in [2.75, 3.05) is 10.6 Å². The average molecular weight is 426 g/mol. The number of carbonyl (C=O) groups is 3. The van der Waals surface area contributed by atoms with Gasteiger partial charge in [0.05, 0.1) is 11.3 Å². The lowest BCUT2D eigenvalue weighted by Gasteiger charge is -2.11. The summed E-state index contributed by atoms with van der Waals surface area (Å²) in [7, 11) is 0.